The van der Waals surface area contributed by atoms with E-state index in [1.807, 2.05) is 0 Å². The Morgan fingerprint density at radius 1 is 0.917 bits per heavy atom. The second kappa shape index (κ2) is 8.54. The summed E-state index contributed by atoms with van der Waals surface area (Å²) in [5.74, 6) is 1.84. The third-order valence-electron chi connectivity index (χ3n) is 6.38. The van der Waals surface area contributed by atoms with Crippen molar-refractivity contribution in [2.75, 3.05) is 26.8 Å². The fourth-order valence-electron chi connectivity index (χ4n) is 4.91. The van der Waals surface area contributed by atoms with Crippen LogP contribution in [0, 0.1) is 22.7 Å². The van der Waals surface area contributed by atoms with Gasteiger partial charge in [-0.05, 0) is 87.6 Å². The van der Waals surface area contributed by atoms with Gasteiger partial charge in [0.05, 0.1) is 0 Å². The largest absolute Gasteiger partial charge is 0.381 e. The van der Waals surface area contributed by atoms with Crippen molar-refractivity contribution >= 4 is 0 Å². The van der Waals surface area contributed by atoms with Gasteiger partial charge in [-0.2, -0.15) is 0 Å². The maximum absolute atomic E-state index is 5.51. The van der Waals surface area contributed by atoms with Gasteiger partial charge in [-0.15, -0.1) is 0 Å². The number of hydrogen-bond acceptors (Lipinski definition) is 2. The van der Waals surface area contributed by atoms with Crippen LogP contribution in [0.15, 0.2) is 0 Å². The first kappa shape index (κ1) is 20.2. The van der Waals surface area contributed by atoms with E-state index in [-0.39, 0.29) is 0 Å². The van der Waals surface area contributed by atoms with E-state index in [4.69, 9.17) is 4.74 Å². The number of hydrogen-bond donors (Lipinski definition) is 0. The third kappa shape index (κ3) is 7.04. The van der Waals surface area contributed by atoms with E-state index in [0.717, 1.165) is 31.1 Å². The van der Waals surface area contributed by atoms with Crippen molar-refractivity contribution in [2.24, 2.45) is 22.7 Å². The summed E-state index contributed by atoms with van der Waals surface area (Å²) < 4.78 is 5.51. The summed E-state index contributed by atoms with van der Waals surface area (Å²) in [6, 6.07) is 0.788. The lowest BCUT2D eigenvalue weighted by molar-refractivity contribution is 0.0528. The van der Waals surface area contributed by atoms with Crippen LogP contribution in [-0.4, -0.2) is 37.7 Å². The fraction of sp³-hybridized carbons (Fsp3) is 1.00. The molecule has 0 spiro atoms. The number of rotatable bonds is 6. The summed E-state index contributed by atoms with van der Waals surface area (Å²) in [6.07, 6.45) is 10.9. The van der Waals surface area contributed by atoms with E-state index in [1.165, 1.54) is 57.9 Å². The summed E-state index contributed by atoms with van der Waals surface area (Å²) in [5, 5.41) is 0. The molecule has 2 aliphatic heterocycles. The quantitative estimate of drug-likeness (QED) is 0.611. The van der Waals surface area contributed by atoms with Crippen molar-refractivity contribution in [1.29, 1.82) is 0 Å². The van der Waals surface area contributed by atoms with E-state index in [2.05, 4.69) is 46.6 Å². The molecular formula is C22H43NO. The minimum absolute atomic E-state index is 0.473. The minimum atomic E-state index is 0.473. The monoisotopic (exact) mass is 337 g/mol. The molecule has 0 aromatic rings. The Balaban J connectivity index is 1.81. The molecule has 2 rings (SSSR count). The zero-order valence-electron chi connectivity index (χ0n) is 17.4. The van der Waals surface area contributed by atoms with Crippen molar-refractivity contribution in [1.82, 2.24) is 4.90 Å². The lowest BCUT2D eigenvalue weighted by Crippen LogP contribution is -2.43. The summed E-state index contributed by atoms with van der Waals surface area (Å²) in [6.45, 7) is 15.5. The highest BCUT2D eigenvalue weighted by atomic mass is 16.5. The molecule has 2 heteroatoms. The van der Waals surface area contributed by atoms with E-state index in [1.54, 1.807) is 0 Å². The first-order valence-corrected chi connectivity index (χ1v) is 10.4. The maximum Gasteiger partial charge on any atom is 0.0468 e. The van der Waals surface area contributed by atoms with Crippen molar-refractivity contribution in [3.63, 3.8) is 0 Å². The molecule has 2 heterocycles. The molecule has 0 N–H and O–H groups in total. The summed E-state index contributed by atoms with van der Waals surface area (Å²) in [5.41, 5.74) is 0.949. The highest BCUT2D eigenvalue weighted by molar-refractivity contribution is 4.86. The number of likely N-dealkylation sites (tertiary alicyclic amines) is 1. The Hall–Kier alpha value is -0.0800. The lowest BCUT2D eigenvalue weighted by Gasteiger charge is -2.43. The first-order valence-electron chi connectivity index (χ1n) is 10.4. The van der Waals surface area contributed by atoms with Crippen LogP contribution in [0.2, 0.25) is 0 Å². The van der Waals surface area contributed by atoms with Gasteiger partial charge in [-0.1, -0.05) is 34.6 Å². The second-order valence-corrected chi connectivity index (χ2v) is 10.8. The third-order valence-corrected chi connectivity index (χ3v) is 6.38. The van der Waals surface area contributed by atoms with Crippen LogP contribution >= 0.6 is 0 Å². The number of piperidine rings is 1. The number of ether oxygens (including phenoxy) is 1. The molecule has 0 aromatic carbocycles. The molecular weight excluding hydrogens is 294 g/mol. The van der Waals surface area contributed by atoms with Crippen molar-refractivity contribution < 1.29 is 4.74 Å². The molecule has 142 valence electrons. The molecule has 0 saturated carbocycles. The van der Waals surface area contributed by atoms with Crippen LogP contribution in [0.3, 0.4) is 0 Å². The number of nitrogens with zero attached hydrogens (tertiary/aromatic N) is 1. The summed E-state index contributed by atoms with van der Waals surface area (Å²) in [4.78, 5) is 2.65. The first-order chi connectivity index (χ1) is 11.1. The van der Waals surface area contributed by atoms with Crippen molar-refractivity contribution in [3.05, 3.63) is 0 Å². The highest BCUT2D eigenvalue weighted by Gasteiger charge is 2.33. The molecule has 2 fully saturated rings. The van der Waals surface area contributed by atoms with E-state index in [0.29, 0.717) is 10.8 Å². The predicted octanol–water partition coefficient (Wildman–Crippen LogP) is 5.76. The molecule has 24 heavy (non-hydrogen) atoms. The molecule has 2 saturated heterocycles. The molecule has 0 amide bonds. The Kier molecular flexibility index (Phi) is 7.20. The molecule has 0 bridgehead atoms. The Bertz CT molecular complexity index is 365. The van der Waals surface area contributed by atoms with Gasteiger partial charge < -0.3 is 9.64 Å². The van der Waals surface area contributed by atoms with Crippen LogP contribution in [0.1, 0.15) is 86.0 Å². The smallest absolute Gasteiger partial charge is 0.0468 e. The topological polar surface area (TPSA) is 12.5 Å². The fourth-order valence-corrected chi connectivity index (χ4v) is 4.91. The normalized spacial score (nSPS) is 28.2. The van der Waals surface area contributed by atoms with Gasteiger partial charge in [0, 0.05) is 19.3 Å². The average Bonchev–Trinajstić information content (AvgIpc) is 2.48. The zero-order chi connectivity index (χ0) is 17.8. The Labute approximate surface area is 151 Å². The van der Waals surface area contributed by atoms with Crippen molar-refractivity contribution in [3.8, 4) is 0 Å². The second-order valence-electron chi connectivity index (χ2n) is 10.8. The van der Waals surface area contributed by atoms with Crippen LogP contribution in [-0.2, 0) is 4.74 Å². The highest BCUT2D eigenvalue weighted by Crippen LogP contribution is 2.39. The van der Waals surface area contributed by atoms with Gasteiger partial charge in [0.2, 0.25) is 0 Å². The van der Waals surface area contributed by atoms with Gasteiger partial charge in [0.25, 0.3) is 0 Å². The maximum atomic E-state index is 5.51. The molecule has 2 atom stereocenters. The van der Waals surface area contributed by atoms with Gasteiger partial charge in [0.1, 0.15) is 0 Å². The zero-order valence-corrected chi connectivity index (χ0v) is 17.4. The van der Waals surface area contributed by atoms with E-state index in [9.17, 15) is 0 Å². The SMILES string of the molecule is CN1CCC(CC(C)(C)C)CC1CC(C)(C)CCC1CCOCC1. The standard InChI is InChI=1S/C22H43NO/c1-21(2,3)16-19-8-12-23(6)20(15-19)17-22(4,5)11-7-18-9-13-24-14-10-18/h18-20H,7-17H2,1-6H3. The molecule has 2 aliphatic rings. The molecule has 0 aromatic heterocycles. The lowest BCUT2D eigenvalue weighted by atomic mass is 9.73. The van der Waals surface area contributed by atoms with Gasteiger partial charge in [-0.3, -0.25) is 0 Å². The predicted molar refractivity (Wildman–Crippen MR) is 104 cm³/mol. The Morgan fingerprint density at radius 2 is 1.58 bits per heavy atom. The molecule has 0 radical (unpaired) electrons. The summed E-state index contributed by atoms with van der Waals surface area (Å²) >= 11 is 0. The molecule has 2 nitrogen and oxygen atoms in total. The van der Waals surface area contributed by atoms with Gasteiger partial charge >= 0.3 is 0 Å². The van der Waals surface area contributed by atoms with Crippen LogP contribution in [0.5, 0.6) is 0 Å². The average molecular weight is 338 g/mol. The van der Waals surface area contributed by atoms with E-state index >= 15 is 0 Å². The molecule has 0 aliphatic carbocycles. The van der Waals surface area contributed by atoms with Crippen LogP contribution < -0.4 is 0 Å². The van der Waals surface area contributed by atoms with Gasteiger partial charge in [-0.25, -0.2) is 0 Å². The minimum Gasteiger partial charge on any atom is -0.381 e. The molecule has 2 unspecified atom stereocenters. The summed E-state index contributed by atoms with van der Waals surface area (Å²) in [7, 11) is 2.35. The van der Waals surface area contributed by atoms with E-state index < -0.39 is 0 Å². The van der Waals surface area contributed by atoms with Crippen LogP contribution in [0.4, 0.5) is 0 Å². The van der Waals surface area contributed by atoms with Crippen LogP contribution in [0.25, 0.3) is 0 Å². The van der Waals surface area contributed by atoms with Crippen molar-refractivity contribution in [2.45, 2.75) is 92.0 Å². The van der Waals surface area contributed by atoms with Gasteiger partial charge in [0.15, 0.2) is 0 Å². The Morgan fingerprint density at radius 3 is 2.21 bits per heavy atom.